The van der Waals surface area contributed by atoms with Crippen LogP contribution in [0.1, 0.15) is 30.0 Å². The van der Waals surface area contributed by atoms with Gasteiger partial charge in [0.2, 0.25) is 0 Å². The number of rotatable bonds is 9. The zero-order valence-electron chi connectivity index (χ0n) is 19.4. The van der Waals surface area contributed by atoms with E-state index in [1.807, 2.05) is 6.07 Å². The van der Waals surface area contributed by atoms with Gasteiger partial charge in [0.05, 0.1) is 10.1 Å². The predicted octanol–water partition coefficient (Wildman–Crippen LogP) is 3.48. The Morgan fingerprint density at radius 1 is 0.853 bits per heavy atom. The Balaban J connectivity index is 0.00000324. The molecule has 0 aromatic heterocycles. The number of hydrogen-bond donors (Lipinski definition) is 0. The van der Waals surface area contributed by atoms with Crippen LogP contribution in [-0.4, -0.2) is 30.2 Å². The first-order valence-corrected chi connectivity index (χ1v) is 14.5. The number of thioether (sulfide) groups is 2. The van der Waals surface area contributed by atoms with Crippen molar-refractivity contribution in [1.82, 2.24) is 0 Å². The van der Waals surface area contributed by atoms with Gasteiger partial charge < -0.3 is 9.45 Å². The van der Waals surface area contributed by atoms with Crippen LogP contribution in [0.25, 0.3) is 5.57 Å². The SMILES string of the molecule is CCSC(SCCCS(=O)(=O)[O-])=C1c2ccccc2N(Cc2ccccc2)c2ccccc21.[Na+]. The van der Waals surface area contributed by atoms with E-state index < -0.39 is 10.1 Å². The molecule has 1 aliphatic heterocycles. The number of hydrogen-bond acceptors (Lipinski definition) is 6. The minimum atomic E-state index is -4.19. The second-order valence-electron chi connectivity index (χ2n) is 7.67. The van der Waals surface area contributed by atoms with Crippen molar-refractivity contribution in [3.63, 3.8) is 0 Å². The van der Waals surface area contributed by atoms with Crippen LogP contribution < -0.4 is 34.5 Å². The molecule has 0 fully saturated rings. The topological polar surface area (TPSA) is 60.4 Å². The molecule has 0 saturated carbocycles. The van der Waals surface area contributed by atoms with E-state index in [0.717, 1.165) is 23.7 Å². The third-order valence-corrected chi connectivity index (χ3v) is 8.57. The molecule has 172 valence electrons. The Hall–Kier alpha value is -1.19. The maximum atomic E-state index is 11.0. The summed E-state index contributed by atoms with van der Waals surface area (Å²) in [6, 6.07) is 27.4. The average Bonchev–Trinajstić information content (AvgIpc) is 2.81. The molecule has 8 heteroatoms. The monoisotopic (exact) mass is 519 g/mol. The Morgan fingerprint density at radius 3 is 1.97 bits per heavy atom. The molecule has 0 amide bonds. The van der Waals surface area contributed by atoms with Crippen molar-refractivity contribution in [2.45, 2.75) is 19.9 Å². The maximum absolute atomic E-state index is 11.0. The van der Waals surface area contributed by atoms with Gasteiger partial charge in [0, 0.05) is 44.6 Å². The maximum Gasteiger partial charge on any atom is 1.00 e. The molecule has 3 aromatic carbocycles. The molecule has 4 nitrogen and oxygen atoms in total. The van der Waals surface area contributed by atoms with E-state index in [0.29, 0.717) is 12.2 Å². The molecule has 1 heterocycles. The normalized spacial score (nSPS) is 12.5. The molecular formula is C26H26NNaO3S3. The van der Waals surface area contributed by atoms with Crippen LogP contribution in [0.5, 0.6) is 0 Å². The van der Waals surface area contributed by atoms with Crippen LogP contribution in [0.2, 0.25) is 0 Å². The summed E-state index contributed by atoms with van der Waals surface area (Å²) < 4.78 is 34.3. The fourth-order valence-electron chi connectivity index (χ4n) is 3.99. The van der Waals surface area contributed by atoms with Crippen LogP contribution in [0.15, 0.2) is 83.1 Å². The van der Waals surface area contributed by atoms with Gasteiger partial charge in [0.15, 0.2) is 0 Å². The van der Waals surface area contributed by atoms with Crippen LogP contribution in [0, 0.1) is 0 Å². The summed E-state index contributed by atoms with van der Waals surface area (Å²) >= 11 is 3.42. The summed E-state index contributed by atoms with van der Waals surface area (Å²) in [5, 5.41) is 0. The van der Waals surface area contributed by atoms with Crippen LogP contribution in [0.3, 0.4) is 0 Å². The first-order valence-electron chi connectivity index (χ1n) is 10.9. The number of anilines is 2. The summed E-state index contributed by atoms with van der Waals surface area (Å²) in [6.45, 7) is 2.89. The van der Waals surface area contributed by atoms with E-state index in [9.17, 15) is 13.0 Å². The summed E-state index contributed by atoms with van der Waals surface area (Å²) in [5.41, 5.74) is 7.09. The molecule has 0 atom stereocenters. The summed E-state index contributed by atoms with van der Waals surface area (Å²) in [5.74, 6) is 1.17. The minimum absolute atomic E-state index is 0. The van der Waals surface area contributed by atoms with Crippen molar-refractivity contribution < 1.29 is 42.5 Å². The quantitative estimate of drug-likeness (QED) is 0.245. The summed E-state index contributed by atoms with van der Waals surface area (Å²) in [4.78, 5) is 2.37. The van der Waals surface area contributed by atoms with E-state index in [2.05, 4.69) is 84.6 Å². The molecular weight excluding hydrogens is 493 g/mol. The molecule has 0 aliphatic carbocycles. The van der Waals surface area contributed by atoms with Gasteiger partial charge in [-0.25, -0.2) is 8.42 Å². The standard InChI is InChI=1S/C26H27NO3S3.Na/c1-2-31-26(32-17-10-18-33(28,29)30)25-21-13-6-8-15-23(21)27(19-20-11-4-3-5-12-20)24-16-9-7-14-22(24)25;/h3-9,11-16H,2,10,17-19H2,1H3,(H,28,29,30);/q;+1/p-1. The van der Waals surface area contributed by atoms with Gasteiger partial charge in [-0.3, -0.25) is 0 Å². The number of nitrogens with zero attached hydrogens (tertiary/aromatic N) is 1. The second-order valence-corrected chi connectivity index (χ2v) is 11.8. The van der Waals surface area contributed by atoms with E-state index in [1.165, 1.54) is 26.5 Å². The van der Waals surface area contributed by atoms with Gasteiger partial charge in [-0.15, -0.1) is 23.5 Å². The number of benzene rings is 3. The fourth-order valence-corrected chi connectivity index (χ4v) is 7.07. The molecule has 0 spiro atoms. The van der Waals surface area contributed by atoms with E-state index in [1.54, 1.807) is 23.5 Å². The largest absolute Gasteiger partial charge is 1.00 e. The van der Waals surface area contributed by atoms with Crippen molar-refractivity contribution in [2.24, 2.45) is 0 Å². The van der Waals surface area contributed by atoms with Crippen molar-refractivity contribution in [3.8, 4) is 0 Å². The molecule has 34 heavy (non-hydrogen) atoms. The van der Waals surface area contributed by atoms with Gasteiger partial charge >= 0.3 is 29.6 Å². The van der Waals surface area contributed by atoms with Crippen LogP contribution >= 0.6 is 23.5 Å². The molecule has 0 N–H and O–H groups in total. The van der Waals surface area contributed by atoms with Crippen molar-refractivity contribution in [2.75, 3.05) is 22.2 Å². The molecule has 0 radical (unpaired) electrons. The summed E-state index contributed by atoms with van der Waals surface area (Å²) in [7, 11) is -4.19. The van der Waals surface area contributed by atoms with Gasteiger partial charge in [-0.1, -0.05) is 73.7 Å². The molecule has 3 aromatic rings. The fraction of sp³-hybridized carbons (Fsp3) is 0.231. The Morgan fingerprint density at radius 2 is 1.41 bits per heavy atom. The third kappa shape index (κ3) is 6.72. The van der Waals surface area contributed by atoms with Crippen molar-refractivity contribution in [3.05, 3.63) is 99.8 Å². The van der Waals surface area contributed by atoms with Crippen LogP contribution in [-0.2, 0) is 16.7 Å². The number of para-hydroxylation sites is 2. The van der Waals surface area contributed by atoms with Gasteiger partial charge in [-0.05, 0) is 35.6 Å². The molecule has 0 unspecified atom stereocenters. The molecule has 1 aliphatic rings. The molecule has 4 rings (SSSR count). The molecule has 0 bridgehead atoms. The van der Waals surface area contributed by atoms with Crippen molar-refractivity contribution >= 4 is 50.6 Å². The van der Waals surface area contributed by atoms with Crippen LogP contribution in [0.4, 0.5) is 11.4 Å². The Kier molecular flexibility index (Phi) is 10.2. The second kappa shape index (κ2) is 12.7. The predicted molar refractivity (Wildman–Crippen MR) is 141 cm³/mol. The third-order valence-electron chi connectivity index (χ3n) is 5.36. The summed E-state index contributed by atoms with van der Waals surface area (Å²) in [6.07, 6.45) is 0.348. The van der Waals surface area contributed by atoms with E-state index >= 15 is 0 Å². The average molecular weight is 520 g/mol. The number of fused-ring (bicyclic) bond motifs is 2. The zero-order valence-corrected chi connectivity index (χ0v) is 23.9. The van der Waals surface area contributed by atoms with E-state index in [-0.39, 0.29) is 35.3 Å². The zero-order chi connectivity index (χ0) is 23.3. The Labute approximate surface area is 233 Å². The van der Waals surface area contributed by atoms with Gasteiger partial charge in [0.25, 0.3) is 0 Å². The van der Waals surface area contributed by atoms with Gasteiger partial charge in [-0.2, -0.15) is 0 Å². The first-order chi connectivity index (χ1) is 16.0. The van der Waals surface area contributed by atoms with Gasteiger partial charge in [0.1, 0.15) is 0 Å². The van der Waals surface area contributed by atoms with E-state index in [4.69, 9.17) is 0 Å². The Bertz CT molecular complexity index is 1200. The minimum Gasteiger partial charge on any atom is -0.748 e. The smallest absolute Gasteiger partial charge is 0.748 e. The first kappa shape index (κ1) is 27.4. The molecule has 0 saturated heterocycles. The van der Waals surface area contributed by atoms with Crippen molar-refractivity contribution in [1.29, 1.82) is 0 Å².